The van der Waals surface area contributed by atoms with Gasteiger partial charge >= 0.3 is 0 Å². The van der Waals surface area contributed by atoms with Gasteiger partial charge in [-0.15, -0.1) is 0 Å². The molecule has 1 atom stereocenters. The molecule has 0 unspecified atom stereocenters. The summed E-state index contributed by atoms with van der Waals surface area (Å²) in [4.78, 5) is 39.7. The van der Waals surface area contributed by atoms with Gasteiger partial charge in [0.2, 0.25) is 11.8 Å². The molecule has 1 N–H and O–H groups in total. The van der Waals surface area contributed by atoms with Crippen molar-refractivity contribution in [3.63, 3.8) is 0 Å². The van der Waals surface area contributed by atoms with Gasteiger partial charge in [-0.1, -0.05) is 91.7 Å². The van der Waals surface area contributed by atoms with Crippen LogP contribution in [0.1, 0.15) is 36.5 Å². The third-order valence-electron chi connectivity index (χ3n) is 5.93. The third-order valence-corrected chi connectivity index (χ3v) is 6.30. The van der Waals surface area contributed by atoms with Gasteiger partial charge in [0.1, 0.15) is 6.04 Å². The molecule has 0 radical (unpaired) electrons. The Hall–Kier alpha value is -3.71. The van der Waals surface area contributed by atoms with E-state index in [1.807, 2.05) is 49.4 Å². The fraction of sp³-hybridized carbons (Fsp3) is 0.286. The number of nitrogens with zero attached hydrogens (tertiary/aromatic N) is 2. The third kappa shape index (κ3) is 7.39. The zero-order valence-electron chi connectivity index (χ0n) is 20.2. The first-order valence-corrected chi connectivity index (χ1v) is 12.3. The van der Waals surface area contributed by atoms with Crippen molar-refractivity contribution in [2.75, 3.05) is 6.54 Å². The van der Waals surface area contributed by atoms with Crippen LogP contribution in [0.5, 0.6) is 0 Å². The van der Waals surface area contributed by atoms with Gasteiger partial charge in [0, 0.05) is 36.2 Å². The van der Waals surface area contributed by atoms with Crippen molar-refractivity contribution in [3.8, 4) is 0 Å². The average molecular weight is 508 g/mol. The van der Waals surface area contributed by atoms with Crippen LogP contribution in [0.4, 0.5) is 5.69 Å². The van der Waals surface area contributed by atoms with Gasteiger partial charge < -0.3 is 10.2 Å². The van der Waals surface area contributed by atoms with Gasteiger partial charge in [-0.25, -0.2) is 0 Å². The largest absolute Gasteiger partial charge is 0.354 e. The molecule has 36 heavy (non-hydrogen) atoms. The predicted octanol–water partition coefficient (Wildman–Crippen LogP) is 5.35. The molecule has 0 saturated carbocycles. The Labute approximate surface area is 216 Å². The van der Waals surface area contributed by atoms with Crippen molar-refractivity contribution in [1.29, 1.82) is 0 Å². The molecule has 8 heteroatoms. The molecule has 188 valence electrons. The van der Waals surface area contributed by atoms with E-state index in [4.69, 9.17) is 11.6 Å². The van der Waals surface area contributed by atoms with E-state index in [0.717, 1.165) is 18.4 Å². The van der Waals surface area contributed by atoms with Crippen molar-refractivity contribution in [1.82, 2.24) is 10.2 Å². The number of nitro groups is 1. The zero-order valence-corrected chi connectivity index (χ0v) is 21.0. The van der Waals surface area contributed by atoms with Crippen molar-refractivity contribution in [2.24, 2.45) is 0 Å². The number of halogens is 1. The van der Waals surface area contributed by atoms with Crippen LogP contribution in [-0.2, 0) is 29.0 Å². The van der Waals surface area contributed by atoms with Gasteiger partial charge in [0.05, 0.1) is 11.3 Å². The fourth-order valence-corrected chi connectivity index (χ4v) is 4.17. The quantitative estimate of drug-likeness (QED) is 0.203. The summed E-state index contributed by atoms with van der Waals surface area (Å²) in [5.74, 6) is -0.661. The number of carbonyl (C=O) groups is 2. The zero-order chi connectivity index (χ0) is 25.9. The predicted molar refractivity (Wildman–Crippen MR) is 141 cm³/mol. The molecule has 0 bridgehead atoms. The Morgan fingerprint density at radius 3 is 2.28 bits per heavy atom. The highest BCUT2D eigenvalue weighted by molar-refractivity contribution is 6.31. The number of hydrogen-bond donors (Lipinski definition) is 1. The summed E-state index contributed by atoms with van der Waals surface area (Å²) in [5.41, 5.74) is 1.75. The smallest absolute Gasteiger partial charge is 0.273 e. The molecule has 3 rings (SSSR count). The number of para-hydroxylation sites is 1. The van der Waals surface area contributed by atoms with Crippen LogP contribution in [-0.4, -0.2) is 34.2 Å². The summed E-state index contributed by atoms with van der Waals surface area (Å²) >= 11 is 6.42. The Morgan fingerprint density at radius 2 is 1.61 bits per heavy atom. The van der Waals surface area contributed by atoms with Crippen molar-refractivity contribution in [3.05, 3.63) is 111 Å². The van der Waals surface area contributed by atoms with Crippen LogP contribution in [0.2, 0.25) is 5.02 Å². The molecule has 0 saturated heterocycles. The molecular formula is C28H30ClN3O4. The van der Waals surface area contributed by atoms with Crippen LogP contribution in [0.25, 0.3) is 0 Å². The molecule has 0 spiro atoms. The maximum absolute atomic E-state index is 13.7. The van der Waals surface area contributed by atoms with E-state index in [0.29, 0.717) is 29.1 Å². The number of benzene rings is 3. The SMILES string of the molecule is CCCCNC(=O)[C@@H](Cc1ccccc1)N(Cc1ccccc1Cl)C(=O)Cc1ccccc1[N+](=O)[O-]. The highest BCUT2D eigenvalue weighted by Gasteiger charge is 2.31. The monoisotopic (exact) mass is 507 g/mol. The Bertz CT molecular complexity index is 1190. The average Bonchev–Trinajstić information content (AvgIpc) is 2.88. The van der Waals surface area contributed by atoms with Gasteiger partial charge in [-0.05, 0) is 23.6 Å². The lowest BCUT2D eigenvalue weighted by Crippen LogP contribution is -2.51. The van der Waals surface area contributed by atoms with Gasteiger partial charge in [0.15, 0.2) is 0 Å². The van der Waals surface area contributed by atoms with E-state index in [1.54, 1.807) is 30.3 Å². The van der Waals surface area contributed by atoms with Gasteiger partial charge in [-0.2, -0.15) is 0 Å². The van der Waals surface area contributed by atoms with E-state index in [1.165, 1.54) is 11.0 Å². The molecule has 7 nitrogen and oxygen atoms in total. The second-order valence-corrected chi connectivity index (χ2v) is 8.93. The van der Waals surface area contributed by atoms with Crippen LogP contribution < -0.4 is 5.32 Å². The highest BCUT2D eigenvalue weighted by Crippen LogP contribution is 2.23. The maximum atomic E-state index is 13.7. The normalized spacial score (nSPS) is 11.5. The summed E-state index contributed by atoms with van der Waals surface area (Å²) in [6, 6.07) is 22.0. The van der Waals surface area contributed by atoms with Crippen LogP contribution in [0.3, 0.4) is 0 Å². The van der Waals surface area contributed by atoms with E-state index in [-0.39, 0.29) is 24.6 Å². The molecule has 2 amide bonds. The minimum Gasteiger partial charge on any atom is -0.354 e. The molecule has 0 fully saturated rings. The first kappa shape index (κ1) is 26.9. The topological polar surface area (TPSA) is 92.6 Å². The van der Waals surface area contributed by atoms with E-state index < -0.39 is 16.9 Å². The number of carbonyl (C=O) groups excluding carboxylic acids is 2. The second kappa shape index (κ2) is 13.4. The Morgan fingerprint density at radius 1 is 0.972 bits per heavy atom. The fourth-order valence-electron chi connectivity index (χ4n) is 3.97. The summed E-state index contributed by atoms with van der Waals surface area (Å²) in [5, 5.41) is 15.0. The summed E-state index contributed by atoms with van der Waals surface area (Å²) in [6.07, 6.45) is 1.82. The van der Waals surface area contributed by atoms with Crippen molar-refractivity contribution < 1.29 is 14.5 Å². The maximum Gasteiger partial charge on any atom is 0.273 e. The van der Waals surface area contributed by atoms with E-state index in [2.05, 4.69) is 5.32 Å². The first-order valence-electron chi connectivity index (χ1n) is 12.0. The van der Waals surface area contributed by atoms with E-state index >= 15 is 0 Å². The molecule has 3 aromatic carbocycles. The summed E-state index contributed by atoms with van der Waals surface area (Å²) in [7, 11) is 0. The van der Waals surface area contributed by atoms with Crippen LogP contribution in [0, 0.1) is 10.1 Å². The minimum absolute atomic E-state index is 0.0951. The number of nitro benzene ring substituents is 1. The number of amides is 2. The molecule has 0 aliphatic carbocycles. The van der Waals surface area contributed by atoms with Gasteiger partial charge in [-0.3, -0.25) is 19.7 Å². The van der Waals surface area contributed by atoms with Crippen LogP contribution >= 0.6 is 11.6 Å². The number of hydrogen-bond acceptors (Lipinski definition) is 4. The number of rotatable bonds is 12. The molecule has 0 aliphatic rings. The summed E-state index contributed by atoms with van der Waals surface area (Å²) < 4.78 is 0. The lowest BCUT2D eigenvalue weighted by Gasteiger charge is -2.32. The molecule has 0 heterocycles. The standard InChI is InChI=1S/C28H30ClN3O4/c1-2-3-17-30-28(34)26(18-21-11-5-4-6-12-21)31(20-23-14-7-9-15-24(23)29)27(33)19-22-13-8-10-16-25(22)32(35)36/h4-16,26H,2-3,17-20H2,1H3,(H,30,34)/t26-/m1/s1. The number of nitrogens with one attached hydrogen (secondary N) is 1. The second-order valence-electron chi connectivity index (χ2n) is 8.53. The number of unbranched alkanes of at least 4 members (excludes halogenated alkanes) is 1. The van der Waals surface area contributed by atoms with E-state index in [9.17, 15) is 19.7 Å². The Balaban J connectivity index is 2.00. The molecule has 0 aromatic heterocycles. The minimum atomic E-state index is -0.823. The van der Waals surface area contributed by atoms with Gasteiger partial charge in [0.25, 0.3) is 5.69 Å². The molecular weight excluding hydrogens is 478 g/mol. The Kier molecular flexibility index (Phi) is 10.0. The highest BCUT2D eigenvalue weighted by atomic mass is 35.5. The first-order chi connectivity index (χ1) is 17.4. The molecule has 3 aromatic rings. The lowest BCUT2D eigenvalue weighted by atomic mass is 10.0. The van der Waals surface area contributed by atoms with Crippen molar-refractivity contribution >= 4 is 29.1 Å². The van der Waals surface area contributed by atoms with Crippen LogP contribution in [0.15, 0.2) is 78.9 Å². The molecule has 0 aliphatic heterocycles. The van der Waals surface area contributed by atoms with Crippen molar-refractivity contribution in [2.45, 2.75) is 45.2 Å². The summed E-state index contributed by atoms with van der Waals surface area (Å²) in [6.45, 7) is 2.63. The lowest BCUT2D eigenvalue weighted by molar-refractivity contribution is -0.385.